The van der Waals surface area contributed by atoms with Crippen LogP contribution >= 0.6 is 11.6 Å². The number of carbonyl (C=O) groups excluding carboxylic acids is 1. The fourth-order valence-corrected chi connectivity index (χ4v) is 3.75. The summed E-state index contributed by atoms with van der Waals surface area (Å²) in [4.78, 5) is 17.1. The second kappa shape index (κ2) is 11.1. The third kappa shape index (κ3) is 6.15. The van der Waals surface area contributed by atoms with E-state index in [0.717, 1.165) is 43.3 Å². The van der Waals surface area contributed by atoms with Crippen molar-refractivity contribution in [3.63, 3.8) is 0 Å². The molecule has 31 heavy (non-hydrogen) atoms. The highest BCUT2D eigenvalue weighted by atomic mass is 35.5. The van der Waals surface area contributed by atoms with Gasteiger partial charge in [0.2, 0.25) is 5.75 Å². The Bertz CT molecular complexity index is 881. The first kappa shape index (κ1) is 23.0. The third-order valence-electron chi connectivity index (χ3n) is 5.39. The maximum absolute atomic E-state index is 12.4. The first-order valence-electron chi connectivity index (χ1n) is 10.3. The minimum Gasteiger partial charge on any atom is -0.493 e. The number of rotatable bonds is 9. The van der Waals surface area contributed by atoms with Crippen LogP contribution in [0.4, 0.5) is 5.69 Å². The molecule has 1 aliphatic heterocycles. The van der Waals surface area contributed by atoms with Gasteiger partial charge in [0.1, 0.15) is 0 Å². The summed E-state index contributed by atoms with van der Waals surface area (Å²) in [5, 5.41) is 0.750. The van der Waals surface area contributed by atoms with E-state index in [1.165, 1.54) is 5.69 Å². The van der Waals surface area contributed by atoms with Gasteiger partial charge in [-0.05, 0) is 48.0 Å². The number of nitrogens with zero attached hydrogens (tertiary/aromatic N) is 2. The molecule has 6 nitrogen and oxygen atoms in total. The Hall–Kier alpha value is -2.70. The molecule has 0 atom stereocenters. The monoisotopic (exact) mass is 444 g/mol. The van der Waals surface area contributed by atoms with Gasteiger partial charge in [-0.2, -0.15) is 0 Å². The zero-order valence-corrected chi connectivity index (χ0v) is 19.0. The molecule has 1 fully saturated rings. The molecule has 0 saturated carbocycles. The molecule has 166 valence electrons. The average Bonchev–Trinajstić information content (AvgIpc) is 2.81. The molecule has 0 aromatic heterocycles. The second-order valence-electron chi connectivity index (χ2n) is 7.31. The number of ketones is 1. The van der Waals surface area contributed by atoms with Crippen molar-refractivity contribution in [1.82, 2.24) is 4.90 Å². The van der Waals surface area contributed by atoms with Crippen LogP contribution < -0.4 is 19.1 Å². The number of piperazine rings is 1. The minimum absolute atomic E-state index is 0.0916. The van der Waals surface area contributed by atoms with E-state index in [0.29, 0.717) is 23.7 Å². The van der Waals surface area contributed by atoms with Crippen molar-refractivity contribution in [2.75, 3.05) is 59.0 Å². The smallest absolute Gasteiger partial charge is 0.203 e. The first-order chi connectivity index (χ1) is 15.0. The lowest BCUT2D eigenvalue weighted by molar-refractivity contribution is -0.114. The average molecular weight is 445 g/mol. The third-order valence-corrected chi connectivity index (χ3v) is 5.64. The van der Waals surface area contributed by atoms with Crippen LogP contribution in [0, 0.1) is 0 Å². The Morgan fingerprint density at radius 2 is 1.58 bits per heavy atom. The number of ether oxygens (including phenoxy) is 3. The highest BCUT2D eigenvalue weighted by Gasteiger charge is 2.17. The topological polar surface area (TPSA) is 51.2 Å². The number of anilines is 1. The van der Waals surface area contributed by atoms with Crippen LogP contribution in [0.1, 0.15) is 12.0 Å². The fourth-order valence-electron chi connectivity index (χ4n) is 3.62. The largest absolute Gasteiger partial charge is 0.493 e. The lowest BCUT2D eigenvalue weighted by Gasteiger charge is -2.36. The van der Waals surface area contributed by atoms with Crippen molar-refractivity contribution in [3.05, 3.63) is 53.1 Å². The van der Waals surface area contributed by atoms with Crippen molar-refractivity contribution in [2.24, 2.45) is 0 Å². The molecular formula is C24H29ClN2O4. The Morgan fingerprint density at radius 1 is 0.968 bits per heavy atom. The summed E-state index contributed by atoms with van der Waals surface area (Å²) in [6, 6.07) is 11.6. The van der Waals surface area contributed by atoms with Gasteiger partial charge in [0.15, 0.2) is 17.3 Å². The molecule has 0 unspecified atom stereocenters. The van der Waals surface area contributed by atoms with Gasteiger partial charge in [-0.3, -0.25) is 9.69 Å². The van der Waals surface area contributed by atoms with Crippen LogP contribution in [0.3, 0.4) is 0 Å². The first-order valence-corrected chi connectivity index (χ1v) is 10.7. The summed E-state index contributed by atoms with van der Waals surface area (Å²) in [7, 11) is 4.71. The molecular weight excluding hydrogens is 416 g/mol. The summed E-state index contributed by atoms with van der Waals surface area (Å²) in [6.07, 6.45) is 3.89. The summed E-state index contributed by atoms with van der Waals surface area (Å²) >= 11 is 5.97. The molecule has 0 aliphatic carbocycles. The molecule has 7 heteroatoms. The van der Waals surface area contributed by atoms with E-state index in [4.69, 9.17) is 25.8 Å². The molecule has 0 bridgehead atoms. The van der Waals surface area contributed by atoms with Gasteiger partial charge < -0.3 is 19.1 Å². The number of hydrogen-bond acceptors (Lipinski definition) is 6. The number of halogens is 1. The van der Waals surface area contributed by atoms with E-state index >= 15 is 0 Å². The van der Waals surface area contributed by atoms with Crippen LogP contribution in [-0.2, 0) is 4.79 Å². The molecule has 0 N–H and O–H groups in total. The van der Waals surface area contributed by atoms with Gasteiger partial charge in [-0.15, -0.1) is 0 Å². The Kier molecular flexibility index (Phi) is 8.20. The second-order valence-corrected chi connectivity index (χ2v) is 7.75. The van der Waals surface area contributed by atoms with E-state index in [1.54, 1.807) is 33.5 Å². The zero-order chi connectivity index (χ0) is 22.2. The standard InChI is InChI=1S/C24H29ClN2O4/c1-29-22-16-18(17-23(30-2)24(22)31-3)4-9-21(28)10-11-26-12-14-27(15-13-26)20-7-5-19(25)6-8-20/h4-9,16-17H,10-15H2,1-3H3/b9-4+. The molecule has 1 heterocycles. The number of methoxy groups -OCH3 is 3. The van der Waals surface area contributed by atoms with Crippen LogP contribution in [0.15, 0.2) is 42.5 Å². The molecule has 0 spiro atoms. The molecule has 0 amide bonds. The number of benzene rings is 2. The van der Waals surface area contributed by atoms with Crippen molar-refractivity contribution in [3.8, 4) is 17.2 Å². The van der Waals surface area contributed by atoms with Crippen molar-refractivity contribution < 1.29 is 19.0 Å². The normalized spacial score (nSPS) is 14.6. The number of carbonyl (C=O) groups is 1. The van der Waals surface area contributed by atoms with E-state index in [2.05, 4.69) is 21.9 Å². The predicted molar refractivity (Wildman–Crippen MR) is 125 cm³/mol. The van der Waals surface area contributed by atoms with Crippen LogP contribution in [0.25, 0.3) is 6.08 Å². The molecule has 1 saturated heterocycles. The minimum atomic E-state index is 0.0916. The van der Waals surface area contributed by atoms with Gasteiger partial charge in [-0.25, -0.2) is 0 Å². The van der Waals surface area contributed by atoms with Crippen LogP contribution in [0.2, 0.25) is 5.02 Å². The Labute approximate surface area is 188 Å². The number of allylic oxidation sites excluding steroid dienone is 1. The SMILES string of the molecule is COc1cc(/C=C/C(=O)CCN2CCN(c3ccc(Cl)cc3)CC2)cc(OC)c1OC. The highest BCUT2D eigenvalue weighted by molar-refractivity contribution is 6.30. The summed E-state index contributed by atoms with van der Waals surface area (Å²) in [6.45, 7) is 4.51. The molecule has 2 aromatic carbocycles. The summed E-state index contributed by atoms with van der Waals surface area (Å²) < 4.78 is 16.0. The van der Waals surface area contributed by atoms with E-state index in [9.17, 15) is 4.79 Å². The van der Waals surface area contributed by atoms with Gasteiger partial charge >= 0.3 is 0 Å². The lowest BCUT2D eigenvalue weighted by atomic mass is 10.1. The van der Waals surface area contributed by atoms with Gasteiger partial charge in [-0.1, -0.05) is 17.7 Å². The van der Waals surface area contributed by atoms with Crippen molar-refractivity contribution in [2.45, 2.75) is 6.42 Å². The predicted octanol–water partition coefficient (Wildman–Crippen LogP) is 4.16. The van der Waals surface area contributed by atoms with Gasteiger partial charge in [0, 0.05) is 49.9 Å². The maximum Gasteiger partial charge on any atom is 0.203 e. The summed E-state index contributed by atoms with van der Waals surface area (Å²) in [5.41, 5.74) is 2.01. The summed E-state index contributed by atoms with van der Waals surface area (Å²) in [5.74, 6) is 1.75. The lowest BCUT2D eigenvalue weighted by Crippen LogP contribution is -2.46. The van der Waals surface area contributed by atoms with Crippen molar-refractivity contribution >= 4 is 29.1 Å². The zero-order valence-electron chi connectivity index (χ0n) is 18.3. The van der Waals surface area contributed by atoms with Crippen molar-refractivity contribution in [1.29, 1.82) is 0 Å². The van der Waals surface area contributed by atoms with Gasteiger partial charge in [0.05, 0.1) is 21.3 Å². The van der Waals surface area contributed by atoms with E-state index in [1.807, 2.05) is 24.3 Å². The maximum atomic E-state index is 12.4. The molecule has 1 aliphatic rings. The van der Waals surface area contributed by atoms with E-state index < -0.39 is 0 Å². The Balaban J connectivity index is 1.49. The molecule has 0 radical (unpaired) electrons. The van der Waals surface area contributed by atoms with Crippen LogP contribution in [-0.4, -0.2) is 64.7 Å². The quantitative estimate of drug-likeness (QED) is 0.541. The fraction of sp³-hybridized carbons (Fsp3) is 0.375. The molecule has 3 rings (SSSR count). The van der Waals surface area contributed by atoms with Gasteiger partial charge in [0.25, 0.3) is 0 Å². The molecule has 2 aromatic rings. The Morgan fingerprint density at radius 3 is 2.13 bits per heavy atom. The van der Waals surface area contributed by atoms with Crippen LogP contribution in [0.5, 0.6) is 17.2 Å². The highest BCUT2D eigenvalue weighted by Crippen LogP contribution is 2.38. The van der Waals surface area contributed by atoms with E-state index in [-0.39, 0.29) is 5.78 Å². The number of hydrogen-bond donors (Lipinski definition) is 0.